The van der Waals surface area contributed by atoms with Gasteiger partial charge in [-0.05, 0) is 25.0 Å². The molecule has 21 heavy (non-hydrogen) atoms. The summed E-state index contributed by atoms with van der Waals surface area (Å²) in [6.07, 6.45) is 7.41. The highest BCUT2D eigenvalue weighted by Gasteiger charge is 2.28. The molecule has 1 aliphatic rings. The molecule has 0 radical (unpaired) electrons. The number of pyridine rings is 1. The van der Waals surface area contributed by atoms with Gasteiger partial charge in [-0.2, -0.15) is 10.4 Å². The molecule has 1 fully saturated rings. The average Bonchev–Trinajstić information content (AvgIpc) is 2.95. The number of hydrogen-bond acceptors (Lipinski definition) is 5. The molecule has 108 valence electrons. The Hall–Kier alpha value is -2.39. The fourth-order valence-corrected chi connectivity index (χ4v) is 2.58. The second kappa shape index (κ2) is 5.94. The van der Waals surface area contributed by atoms with E-state index in [1.165, 1.54) is 0 Å². The SMILES string of the molecule is Cn1cc([C@H]2OCCC[C@@H]2Nc2ccc(C#N)cn2)cn1. The second-order valence-corrected chi connectivity index (χ2v) is 5.18. The molecule has 0 aliphatic carbocycles. The van der Waals surface area contributed by atoms with E-state index in [0.29, 0.717) is 5.56 Å². The van der Waals surface area contributed by atoms with Crippen LogP contribution >= 0.6 is 0 Å². The van der Waals surface area contributed by atoms with E-state index in [1.807, 2.05) is 25.5 Å². The Morgan fingerprint density at radius 3 is 3.00 bits per heavy atom. The molecular formula is C15H17N5O. The van der Waals surface area contributed by atoms with Gasteiger partial charge >= 0.3 is 0 Å². The maximum absolute atomic E-state index is 8.80. The highest BCUT2D eigenvalue weighted by molar-refractivity contribution is 5.40. The number of aryl methyl sites for hydroxylation is 1. The minimum absolute atomic E-state index is 0.0232. The molecule has 1 N–H and O–H groups in total. The van der Waals surface area contributed by atoms with Gasteiger partial charge in [0.05, 0.1) is 17.8 Å². The third-order valence-electron chi connectivity index (χ3n) is 3.60. The molecule has 3 rings (SSSR count). The lowest BCUT2D eigenvalue weighted by Crippen LogP contribution is -2.33. The summed E-state index contributed by atoms with van der Waals surface area (Å²) in [6.45, 7) is 0.762. The van der Waals surface area contributed by atoms with Gasteiger partial charge in [0.15, 0.2) is 0 Å². The molecule has 6 heteroatoms. The number of hydrogen-bond donors (Lipinski definition) is 1. The van der Waals surface area contributed by atoms with Crippen LogP contribution in [0.5, 0.6) is 0 Å². The maximum atomic E-state index is 8.80. The molecule has 0 amide bonds. The molecule has 2 aromatic rings. The molecule has 0 saturated carbocycles. The predicted molar refractivity (Wildman–Crippen MR) is 77.5 cm³/mol. The van der Waals surface area contributed by atoms with Gasteiger partial charge < -0.3 is 10.1 Å². The van der Waals surface area contributed by atoms with Crippen LogP contribution in [0.15, 0.2) is 30.7 Å². The lowest BCUT2D eigenvalue weighted by Gasteiger charge is -2.32. The van der Waals surface area contributed by atoms with Crippen molar-refractivity contribution < 1.29 is 4.74 Å². The van der Waals surface area contributed by atoms with Crippen LogP contribution in [0.25, 0.3) is 0 Å². The number of nitrogens with one attached hydrogen (secondary N) is 1. The third-order valence-corrected chi connectivity index (χ3v) is 3.60. The van der Waals surface area contributed by atoms with E-state index in [1.54, 1.807) is 16.9 Å². The number of nitriles is 1. The van der Waals surface area contributed by atoms with Crippen LogP contribution in [0.3, 0.4) is 0 Å². The van der Waals surface area contributed by atoms with E-state index in [2.05, 4.69) is 21.5 Å². The number of rotatable bonds is 3. The van der Waals surface area contributed by atoms with Gasteiger partial charge in [-0.1, -0.05) is 0 Å². The van der Waals surface area contributed by atoms with Gasteiger partial charge in [0.1, 0.15) is 18.0 Å². The number of nitrogens with zero attached hydrogens (tertiary/aromatic N) is 4. The van der Waals surface area contributed by atoms with Crippen molar-refractivity contribution in [2.45, 2.75) is 25.0 Å². The quantitative estimate of drug-likeness (QED) is 0.932. The Morgan fingerprint density at radius 2 is 2.33 bits per heavy atom. The van der Waals surface area contributed by atoms with Gasteiger partial charge in [-0.25, -0.2) is 4.98 Å². The topological polar surface area (TPSA) is 75.8 Å². The molecule has 1 saturated heterocycles. The van der Waals surface area contributed by atoms with Gasteiger partial charge in [0, 0.05) is 31.6 Å². The van der Waals surface area contributed by atoms with Gasteiger partial charge in [-0.15, -0.1) is 0 Å². The molecular weight excluding hydrogens is 266 g/mol. The molecule has 2 aromatic heterocycles. The molecule has 1 aliphatic heterocycles. The van der Waals surface area contributed by atoms with E-state index in [0.717, 1.165) is 30.8 Å². The zero-order valence-electron chi connectivity index (χ0n) is 11.9. The third kappa shape index (κ3) is 3.03. The summed E-state index contributed by atoms with van der Waals surface area (Å²) in [4.78, 5) is 4.27. The molecule has 0 aromatic carbocycles. The number of ether oxygens (including phenoxy) is 1. The molecule has 6 nitrogen and oxygen atoms in total. The van der Waals surface area contributed by atoms with Gasteiger partial charge in [-0.3, -0.25) is 4.68 Å². The zero-order valence-corrected chi connectivity index (χ0v) is 11.9. The summed E-state index contributed by atoms with van der Waals surface area (Å²) >= 11 is 0. The summed E-state index contributed by atoms with van der Waals surface area (Å²) in [6, 6.07) is 5.81. The lowest BCUT2D eigenvalue weighted by molar-refractivity contribution is 0.00552. The second-order valence-electron chi connectivity index (χ2n) is 5.18. The van der Waals surface area contributed by atoms with Crippen LogP contribution in [-0.4, -0.2) is 27.4 Å². The first kappa shape index (κ1) is 13.6. The van der Waals surface area contributed by atoms with Crippen LogP contribution in [0.2, 0.25) is 0 Å². The van der Waals surface area contributed by atoms with Crippen molar-refractivity contribution in [2.24, 2.45) is 7.05 Å². The van der Waals surface area contributed by atoms with E-state index < -0.39 is 0 Å². The van der Waals surface area contributed by atoms with Crippen molar-refractivity contribution in [3.63, 3.8) is 0 Å². The maximum Gasteiger partial charge on any atom is 0.126 e. The summed E-state index contributed by atoms with van der Waals surface area (Å²) in [5.74, 6) is 0.762. The van der Waals surface area contributed by atoms with E-state index >= 15 is 0 Å². The Kier molecular flexibility index (Phi) is 3.84. The minimum atomic E-state index is -0.0232. The minimum Gasteiger partial charge on any atom is -0.371 e. The lowest BCUT2D eigenvalue weighted by atomic mass is 9.98. The summed E-state index contributed by atoms with van der Waals surface area (Å²) < 4.78 is 7.69. The Bertz CT molecular complexity index is 643. The van der Waals surface area contributed by atoms with E-state index in [9.17, 15) is 0 Å². The van der Waals surface area contributed by atoms with E-state index in [-0.39, 0.29) is 12.1 Å². The van der Waals surface area contributed by atoms with Crippen molar-refractivity contribution in [2.75, 3.05) is 11.9 Å². The first-order chi connectivity index (χ1) is 10.3. The van der Waals surface area contributed by atoms with E-state index in [4.69, 9.17) is 10.00 Å². The first-order valence-corrected chi connectivity index (χ1v) is 6.99. The van der Waals surface area contributed by atoms with Crippen LogP contribution in [0, 0.1) is 11.3 Å². The smallest absolute Gasteiger partial charge is 0.126 e. The summed E-state index contributed by atoms with van der Waals surface area (Å²) in [5, 5.41) is 16.4. The van der Waals surface area contributed by atoms with Crippen LogP contribution < -0.4 is 5.32 Å². The monoisotopic (exact) mass is 283 g/mol. The predicted octanol–water partition coefficient (Wildman–Crippen LogP) is 2.02. The standard InChI is InChI=1S/C15H17N5O/c1-20-10-12(9-18-20)15-13(3-2-6-21-15)19-14-5-4-11(7-16)8-17-14/h4-5,8-10,13,15H,2-3,6H2,1H3,(H,17,19)/t13-,15+/m0/s1. The Labute approximate surface area is 123 Å². The van der Waals surface area contributed by atoms with Crippen molar-refractivity contribution in [1.29, 1.82) is 5.26 Å². The van der Waals surface area contributed by atoms with Crippen molar-refractivity contribution in [3.8, 4) is 6.07 Å². The average molecular weight is 283 g/mol. The summed E-state index contributed by atoms with van der Waals surface area (Å²) in [5.41, 5.74) is 1.63. The molecule has 0 spiro atoms. The van der Waals surface area contributed by atoms with Gasteiger partial charge in [0.2, 0.25) is 0 Å². The highest BCUT2D eigenvalue weighted by Crippen LogP contribution is 2.30. The molecule has 3 heterocycles. The fraction of sp³-hybridized carbons (Fsp3) is 0.400. The zero-order chi connectivity index (χ0) is 14.7. The number of anilines is 1. The summed E-state index contributed by atoms with van der Waals surface area (Å²) in [7, 11) is 1.90. The Morgan fingerprint density at radius 1 is 1.43 bits per heavy atom. The van der Waals surface area contributed by atoms with Crippen molar-refractivity contribution in [1.82, 2.24) is 14.8 Å². The molecule has 2 atom stereocenters. The van der Waals surface area contributed by atoms with Crippen LogP contribution in [-0.2, 0) is 11.8 Å². The normalized spacial score (nSPS) is 21.7. The van der Waals surface area contributed by atoms with Gasteiger partial charge in [0.25, 0.3) is 0 Å². The first-order valence-electron chi connectivity index (χ1n) is 6.99. The van der Waals surface area contributed by atoms with Crippen LogP contribution in [0.4, 0.5) is 5.82 Å². The Balaban J connectivity index is 1.76. The van der Waals surface area contributed by atoms with Crippen molar-refractivity contribution in [3.05, 3.63) is 41.9 Å². The number of aromatic nitrogens is 3. The highest BCUT2D eigenvalue weighted by atomic mass is 16.5. The largest absolute Gasteiger partial charge is 0.371 e. The molecule has 0 bridgehead atoms. The molecule has 0 unspecified atom stereocenters. The van der Waals surface area contributed by atoms with Crippen LogP contribution in [0.1, 0.15) is 30.1 Å². The van der Waals surface area contributed by atoms with Crippen molar-refractivity contribution >= 4 is 5.82 Å². The fourth-order valence-electron chi connectivity index (χ4n) is 2.58.